The molecular formula is C12H17NO2. The molecule has 0 saturated carbocycles. The highest BCUT2D eigenvalue weighted by molar-refractivity contribution is 5.68. The van der Waals surface area contributed by atoms with Gasteiger partial charge < -0.3 is 10.8 Å². The molecule has 0 fully saturated rings. The predicted octanol–water partition coefficient (Wildman–Crippen LogP) is 1.77. The highest BCUT2D eigenvalue weighted by Gasteiger charge is 2.15. The number of hydrogen-bond acceptors (Lipinski definition) is 2. The predicted molar refractivity (Wildman–Crippen MR) is 59.9 cm³/mol. The summed E-state index contributed by atoms with van der Waals surface area (Å²) >= 11 is 0. The van der Waals surface area contributed by atoms with Crippen LogP contribution in [0, 0.1) is 0 Å². The minimum Gasteiger partial charge on any atom is -0.481 e. The molecule has 82 valence electrons. The van der Waals surface area contributed by atoms with E-state index in [-0.39, 0.29) is 12.3 Å². The zero-order valence-electron chi connectivity index (χ0n) is 8.94. The SMILES string of the molecule is CCc1ccccc1C(CN)CC(=O)O. The van der Waals surface area contributed by atoms with Gasteiger partial charge in [-0.05, 0) is 24.1 Å². The maximum atomic E-state index is 10.7. The van der Waals surface area contributed by atoms with Crippen LogP contribution in [-0.2, 0) is 11.2 Å². The number of benzene rings is 1. The van der Waals surface area contributed by atoms with E-state index >= 15 is 0 Å². The summed E-state index contributed by atoms with van der Waals surface area (Å²) < 4.78 is 0. The van der Waals surface area contributed by atoms with Gasteiger partial charge in [0.2, 0.25) is 0 Å². The Labute approximate surface area is 89.9 Å². The maximum Gasteiger partial charge on any atom is 0.304 e. The smallest absolute Gasteiger partial charge is 0.304 e. The number of carbonyl (C=O) groups is 1. The fourth-order valence-corrected chi connectivity index (χ4v) is 1.79. The molecule has 0 bridgehead atoms. The molecule has 1 atom stereocenters. The fourth-order valence-electron chi connectivity index (χ4n) is 1.79. The monoisotopic (exact) mass is 207 g/mol. The Balaban J connectivity index is 2.95. The van der Waals surface area contributed by atoms with Crippen molar-refractivity contribution in [2.75, 3.05) is 6.54 Å². The van der Waals surface area contributed by atoms with E-state index in [2.05, 4.69) is 6.92 Å². The van der Waals surface area contributed by atoms with E-state index in [1.165, 1.54) is 5.56 Å². The maximum absolute atomic E-state index is 10.7. The standard InChI is InChI=1S/C12H17NO2/c1-2-9-5-3-4-6-11(9)10(8-13)7-12(14)15/h3-6,10H,2,7-8,13H2,1H3,(H,14,15). The molecule has 3 nitrogen and oxygen atoms in total. The molecule has 0 saturated heterocycles. The molecule has 0 aromatic heterocycles. The van der Waals surface area contributed by atoms with Gasteiger partial charge in [0, 0.05) is 5.92 Å². The van der Waals surface area contributed by atoms with E-state index in [0.29, 0.717) is 6.54 Å². The van der Waals surface area contributed by atoms with Gasteiger partial charge in [-0.25, -0.2) is 0 Å². The Kier molecular flexibility index (Phi) is 4.31. The first-order valence-corrected chi connectivity index (χ1v) is 5.18. The molecule has 1 unspecified atom stereocenters. The normalized spacial score (nSPS) is 12.4. The van der Waals surface area contributed by atoms with Crippen LogP contribution in [-0.4, -0.2) is 17.6 Å². The zero-order chi connectivity index (χ0) is 11.3. The Morgan fingerprint density at radius 3 is 2.67 bits per heavy atom. The Bertz CT molecular complexity index is 336. The third-order valence-corrected chi connectivity index (χ3v) is 2.58. The molecular weight excluding hydrogens is 190 g/mol. The van der Waals surface area contributed by atoms with Crippen LogP contribution in [0.4, 0.5) is 0 Å². The Morgan fingerprint density at radius 1 is 1.47 bits per heavy atom. The third-order valence-electron chi connectivity index (χ3n) is 2.58. The van der Waals surface area contributed by atoms with Crippen LogP contribution < -0.4 is 5.73 Å². The second kappa shape index (κ2) is 5.51. The zero-order valence-corrected chi connectivity index (χ0v) is 8.94. The van der Waals surface area contributed by atoms with Crippen molar-refractivity contribution in [1.82, 2.24) is 0 Å². The topological polar surface area (TPSA) is 63.3 Å². The molecule has 1 aromatic carbocycles. The lowest BCUT2D eigenvalue weighted by Crippen LogP contribution is -2.17. The first-order chi connectivity index (χ1) is 7.19. The van der Waals surface area contributed by atoms with E-state index in [0.717, 1.165) is 12.0 Å². The van der Waals surface area contributed by atoms with Crippen molar-refractivity contribution >= 4 is 5.97 Å². The highest BCUT2D eigenvalue weighted by Crippen LogP contribution is 2.22. The second-order valence-corrected chi connectivity index (χ2v) is 3.58. The van der Waals surface area contributed by atoms with Crippen molar-refractivity contribution < 1.29 is 9.90 Å². The Morgan fingerprint density at radius 2 is 2.13 bits per heavy atom. The molecule has 3 heteroatoms. The number of nitrogens with two attached hydrogens (primary N) is 1. The van der Waals surface area contributed by atoms with Crippen LogP contribution in [0.3, 0.4) is 0 Å². The third kappa shape index (κ3) is 3.06. The summed E-state index contributed by atoms with van der Waals surface area (Å²) in [6, 6.07) is 7.90. The van der Waals surface area contributed by atoms with Crippen molar-refractivity contribution in [1.29, 1.82) is 0 Å². The van der Waals surface area contributed by atoms with Crippen LogP contribution in [0.1, 0.15) is 30.4 Å². The number of aliphatic carboxylic acids is 1. The largest absolute Gasteiger partial charge is 0.481 e. The van der Waals surface area contributed by atoms with Gasteiger partial charge in [0.05, 0.1) is 6.42 Å². The minimum absolute atomic E-state index is 0.0707. The lowest BCUT2D eigenvalue weighted by atomic mass is 9.90. The molecule has 0 aliphatic carbocycles. The number of hydrogen-bond donors (Lipinski definition) is 2. The minimum atomic E-state index is -0.795. The summed E-state index contributed by atoms with van der Waals surface area (Å²) in [6.07, 6.45) is 1.01. The first-order valence-electron chi connectivity index (χ1n) is 5.18. The van der Waals surface area contributed by atoms with E-state index in [9.17, 15) is 4.79 Å². The molecule has 0 radical (unpaired) electrons. The van der Waals surface area contributed by atoms with E-state index in [4.69, 9.17) is 10.8 Å². The summed E-state index contributed by atoms with van der Waals surface area (Å²) in [6.45, 7) is 2.44. The molecule has 0 aliphatic rings. The van der Waals surface area contributed by atoms with E-state index in [1.807, 2.05) is 24.3 Å². The van der Waals surface area contributed by atoms with Crippen molar-refractivity contribution in [3.8, 4) is 0 Å². The number of aryl methyl sites for hydroxylation is 1. The van der Waals surface area contributed by atoms with Crippen LogP contribution in [0.5, 0.6) is 0 Å². The van der Waals surface area contributed by atoms with Gasteiger partial charge in [-0.15, -0.1) is 0 Å². The van der Waals surface area contributed by atoms with Crippen LogP contribution in [0.2, 0.25) is 0 Å². The molecule has 15 heavy (non-hydrogen) atoms. The molecule has 0 spiro atoms. The van der Waals surface area contributed by atoms with Gasteiger partial charge >= 0.3 is 5.97 Å². The number of rotatable bonds is 5. The van der Waals surface area contributed by atoms with Crippen molar-refractivity contribution in [3.05, 3.63) is 35.4 Å². The summed E-state index contributed by atoms with van der Waals surface area (Å²) in [4.78, 5) is 10.7. The summed E-state index contributed by atoms with van der Waals surface area (Å²) in [5, 5.41) is 8.78. The van der Waals surface area contributed by atoms with Gasteiger partial charge in [0.25, 0.3) is 0 Å². The van der Waals surface area contributed by atoms with Crippen molar-refractivity contribution in [3.63, 3.8) is 0 Å². The second-order valence-electron chi connectivity index (χ2n) is 3.58. The quantitative estimate of drug-likeness (QED) is 0.773. The van der Waals surface area contributed by atoms with Gasteiger partial charge in [0.1, 0.15) is 0 Å². The molecule has 0 amide bonds. The fraction of sp³-hybridized carbons (Fsp3) is 0.417. The number of carboxylic acid groups (broad SMARTS) is 1. The lowest BCUT2D eigenvalue weighted by molar-refractivity contribution is -0.137. The van der Waals surface area contributed by atoms with Gasteiger partial charge in [-0.1, -0.05) is 31.2 Å². The average Bonchev–Trinajstić information content (AvgIpc) is 2.25. The molecule has 0 heterocycles. The lowest BCUT2D eigenvalue weighted by Gasteiger charge is -2.16. The molecule has 0 aliphatic heterocycles. The van der Waals surface area contributed by atoms with Crippen LogP contribution >= 0.6 is 0 Å². The van der Waals surface area contributed by atoms with Gasteiger partial charge in [-0.2, -0.15) is 0 Å². The molecule has 1 rings (SSSR count). The highest BCUT2D eigenvalue weighted by atomic mass is 16.4. The molecule has 3 N–H and O–H groups in total. The van der Waals surface area contributed by atoms with Crippen molar-refractivity contribution in [2.45, 2.75) is 25.7 Å². The molecule has 1 aromatic rings. The average molecular weight is 207 g/mol. The summed E-state index contributed by atoms with van der Waals surface area (Å²) in [5.74, 6) is -0.866. The summed E-state index contributed by atoms with van der Waals surface area (Å²) in [7, 11) is 0. The van der Waals surface area contributed by atoms with Crippen molar-refractivity contribution in [2.24, 2.45) is 5.73 Å². The van der Waals surface area contributed by atoms with Crippen LogP contribution in [0.25, 0.3) is 0 Å². The first kappa shape index (κ1) is 11.7. The van der Waals surface area contributed by atoms with E-state index < -0.39 is 5.97 Å². The van der Waals surface area contributed by atoms with Gasteiger partial charge in [0.15, 0.2) is 0 Å². The summed E-state index contributed by atoms with van der Waals surface area (Å²) in [5.41, 5.74) is 7.88. The van der Waals surface area contributed by atoms with Gasteiger partial charge in [-0.3, -0.25) is 4.79 Å². The Hall–Kier alpha value is -1.35. The van der Waals surface area contributed by atoms with Crippen LogP contribution in [0.15, 0.2) is 24.3 Å². The number of carboxylic acids is 1. The van der Waals surface area contributed by atoms with E-state index in [1.54, 1.807) is 0 Å².